The number of benzene rings is 1. The highest BCUT2D eigenvalue weighted by Crippen LogP contribution is 2.21. The summed E-state index contributed by atoms with van der Waals surface area (Å²) in [7, 11) is 0. The van der Waals surface area contributed by atoms with E-state index in [0.717, 1.165) is 10.5 Å². The monoisotopic (exact) mass is 279 g/mol. The third-order valence-corrected chi connectivity index (χ3v) is 3.40. The number of hydrogen-bond acceptors (Lipinski definition) is 3. The van der Waals surface area contributed by atoms with E-state index < -0.39 is 18.1 Å². The molecule has 1 aliphatic rings. The fraction of sp³-hybridized carbons (Fsp3) is 0.429. The van der Waals surface area contributed by atoms with Crippen molar-refractivity contribution in [3.8, 4) is 0 Å². The van der Waals surface area contributed by atoms with Crippen LogP contribution >= 0.6 is 0 Å². The molecule has 1 aliphatic heterocycles. The summed E-state index contributed by atoms with van der Waals surface area (Å²) in [5, 5.41) is 18.1. The van der Waals surface area contributed by atoms with E-state index >= 15 is 0 Å². The lowest BCUT2D eigenvalue weighted by Gasteiger charge is -2.35. The normalized spacial score (nSPS) is 22.5. The summed E-state index contributed by atoms with van der Waals surface area (Å²) >= 11 is 0. The van der Waals surface area contributed by atoms with Crippen LogP contribution in [0.25, 0.3) is 0 Å². The molecule has 2 atom stereocenters. The van der Waals surface area contributed by atoms with Gasteiger partial charge in [-0.05, 0) is 18.4 Å². The van der Waals surface area contributed by atoms with Crippen molar-refractivity contribution in [2.45, 2.75) is 31.6 Å². The molecule has 0 bridgehead atoms. The van der Waals surface area contributed by atoms with Gasteiger partial charge in [-0.25, -0.2) is 9.59 Å². The van der Waals surface area contributed by atoms with Crippen LogP contribution in [0, 0.1) is 0 Å². The highest BCUT2D eigenvalue weighted by Gasteiger charge is 2.36. The molecule has 0 radical (unpaired) electrons. The average Bonchev–Trinajstić information content (AvgIpc) is 2.45. The number of hydrogen-bond donors (Lipinski definition) is 2. The molecule has 20 heavy (non-hydrogen) atoms. The predicted molar refractivity (Wildman–Crippen MR) is 70.4 cm³/mol. The van der Waals surface area contributed by atoms with Gasteiger partial charge in [-0.2, -0.15) is 0 Å². The van der Waals surface area contributed by atoms with Crippen LogP contribution in [0.1, 0.15) is 18.4 Å². The molecule has 0 unspecified atom stereocenters. The minimum Gasteiger partial charge on any atom is -0.480 e. The van der Waals surface area contributed by atoms with Crippen molar-refractivity contribution in [1.29, 1.82) is 0 Å². The zero-order chi connectivity index (χ0) is 14.5. The van der Waals surface area contributed by atoms with E-state index in [1.165, 1.54) is 0 Å². The number of amides is 1. The Morgan fingerprint density at radius 1 is 1.20 bits per heavy atom. The van der Waals surface area contributed by atoms with Gasteiger partial charge in [-0.1, -0.05) is 30.3 Å². The minimum atomic E-state index is -1.22. The van der Waals surface area contributed by atoms with E-state index in [1.807, 2.05) is 30.3 Å². The summed E-state index contributed by atoms with van der Waals surface area (Å²) in [5.74, 6) is -1.10. The second-order valence-electron chi connectivity index (χ2n) is 4.78. The summed E-state index contributed by atoms with van der Waals surface area (Å²) < 4.78 is 5.68. The zero-order valence-electron chi connectivity index (χ0n) is 10.9. The fourth-order valence-electron chi connectivity index (χ4n) is 2.33. The van der Waals surface area contributed by atoms with E-state index in [1.54, 1.807) is 0 Å². The first-order valence-electron chi connectivity index (χ1n) is 6.46. The molecule has 0 spiro atoms. The number of piperidine rings is 1. The number of nitrogens with zero attached hydrogens (tertiary/aromatic N) is 1. The summed E-state index contributed by atoms with van der Waals surface area (Å²) in [6.07, 6.45) is -0.651. The molecule has 0 aliphatic carbocycles. The topological polar surface area (TPSA) is 87.1 Å². The fourth-order valence-corrected chi connectivity index (χ4v) is 2.33. The Morgan fingerprint density at radius 2 is 1.90 bits per heavy atom. The van der Waals surface area contributed by atoms with Gasteiger partial charge in [-0.3, -0.25) is 4.90 Å². The predicted octanol–water partition coefficient (Wildman–Crippen LogP) is 1.80. The molecular weight excluding hydrogens is 262 g/mol. The van der Waals surface area contributed by atoms with E-state index in [9.17, 15) is 9.59 Å². The van der Waals surface area contributed by atoms with E-state index in [-0.39, 0.29) is 19.1 Å². The molecule has 0 saturated carbocycles. The van der Waals surface area contributed by atoms with Crippen molar-refractivity contribution in [3.63, 3.8) is 0 Å². The van der Waals surface area contributed by atoms with Crippen LogP contribution < -0.4 is 0 Å². The molecule has 1 heterocycles. The Hall–Kier alpha value is -2.08. The Labute approximate surface area is 116 Å². The number of ether oxygens (including phenoxy) is 1. The van der Waals surface area contributed by atoms with E-state index in [0.29, 0.717) is 13.0 Å². The van der Waals surface area contributed by atoms with E-state index in [4.69, 9.17) is 14.9 Å². The van der Waals surface area contributed by atoms with Gasteiger partial charge in [0.05, 0.1) is 19.3 Å². The van der Waals surface area contributed by atoms with Gasteiger partial charge in [-0.15, -0.1) is 0 Å². The number of likely N-dealkylation sites (tertiary alicyclic amines) is 1. The number of aliphatic carboxylic acids is 1. The summed E-state index contributed by atoms with van der Waals surface area (Å²) in [6.45, 7) is 0.496. The third-order valence-electron chi connectivity index (χ3n) is 3.40. The lowest BCUT2D eigenvalue weighted by atomic mass is 10.0. The quantitative estimate of drug-likeness (QED) is 0.877. The Kier molecular flexibility index (Phi) is 4.57. The summed E-state index contributed by atoms with van der Waals surface area (Å²) in [4.78, 5) is 23.1. The molecule has 6 nitrogen and oxygen atoms in total. The van der Waals surface area contributed by atoms with Gasteiger partial charge in [0.1, 0.15) is 6.04 Å². The summed E-state index contributed by atoms with van der Waals surface area (Å²) in [5.41, 5.74) is 1.01. The van der Waals surface area contributed by atoms with Crippen molar-refractivity contribution in [2.24, 2.45) is 0 Å². The molecule has 1 fully saturated rings. The van der Waals surface area contributed by atoms with Gasteiger partial charge in [0.15, 0.2) is 0 Å². The first kappa shape index (κ1) is 14.3. The molecule has 0 aromatic heterocycles. The number of carbonyl (C=O) groups is 2. The third kappa shape index (κ3) is 3.48. The molecule has 1 aromatic carbocycles. The van der Waals surface area contributed by atoms with Crippen molar-refractivity contribution < 1.29 is 24.5 Å². The highest BCUT2D eigenvalue weighted by atomic mass is 16.5. The standard InChI is InChI=1S/C14H17NO5/c16-13(17)12-7-6-11(8-15(12)14(18)19)20-9-10-4-2-1-3-5-10/h1-5,11-12H,6-9H2,(H,16,17)(H,18,19)/t11-,12-/m1/s1. The molecule has 108 valence electrons. The van der Waals surface area contributed by atoms with Gasteiger partial charge in [0.25, 0.3) is 0 Å². The summed E-state index contributed by atoms with van der Waals surface area (Å²) in [6, 6.07) is 8.61. The maximum atomic E-state index is 11.1. The van der Waals surface area contributed by atoms with Crippen LogP contribution in [-0.4, -0.2) is 45.9 Å². The lowest BCUT2D eigenvalue weighted by molar-refractivity contribution is -0.145. The maximum Gasteiger partial charge on any atom is 0.408 e. The highest BCUT2D eigenvalue weighted by molar-refractivity contribution is 5.79. The Bertz CT molecular complexity index is 476. The van der Waals surface area contributed by atoms with Crippen LogP contribution in [0.4, 0.5) is 4.79 Å². The Morgan fingerprint density at radius 3 is 2.50 bits per heavy atom. The second kappa shape index (κ2) is 6.38. The molecule has 6 heteroatoms. The van der Waals surface area contributed by atoms with Crippen molar-refractivity contribution in [1.82, 2.24) is 4.90 Å². The molecular formula is C14H17NO5. The van der Waals surface area contributed by atoms with Crippen molar-refractivity contribution >= 4 is 12.1 Å². The first-order valence-corrected chi connectivity index (χ1v) is 6.46. The Balaban J connectivity index is 1.92. The SMILES string of the molecule is O=C(O)[C@H]1CC[C@@H](OCc2ccccc2)CN1C(=O)O. The largest absolute Gasteiger partial charge is 0.480 e. The minimum absolute atomic E-state index is 0.0964. The van der Waals surface area contributed by atoms with Gasteiger partial charge in [0, 0.05) is 0 Å². The lowest BCUT2D eigenvalue weighted by Crippen LogP contribution is -2.52. The van der Waals surface area contributed by atoms with Crippen LogP contribution in [0.5, 0.6) is 0 Å². The van der Waals surface area contributed by atoms with Gasteiger partial charge >= 0.3 is 12.1 Å². The van der Waals surface area contributed by atoms with Crippen LogP contribution in [0.15, 0.2) is 30.3 Å². The average molecular weight is 279 g/mol. The molecule has 1 saturated heterocycles. The van der Waals surface area contributed by atoms with Gasteiger partial charge in [0.2, 0.25) is 0 Å². The number of carboxylic acids is 1. The number of carboxylic acid groups (broad SMARTS) is 2. The molecule has 2 N–H and O–H groups in total. The smallest absolute Gasteiger partial charge is 0.408 e. The molecule has 1 amide bonds. The van der Waals surface area contributed by atoms with Crippen molar-refractivity contribution in [3.05, 3.63) is 35.9 Å². The maximum absolute atomic E-state index is 11.1. The first-order chi connectivity index (χ1) is 9.58. The molecule has 2 rings (SSSR count). The number of rotatable bonds is 4. The van der Waals surface area contributed by atoms with Crippen LogP contribution in [0.3, 0.4) is 0 Å². The van der Waals surface area contributed by atoms with Crippen molar-refractivity contribution in [2.75, 3.05) is 6.54 Å². The van der Waals surface area contributed by atoms with E-state index in [2.05, 4.69) is 0 Å². The molecule has 1 aromatic rings. The second-order valence-corrected chi connectivity index (χ2v) is 4.78. The van der Waals surface area contributed by atoms with Crippen LogP contribution in [0.2, 0.25) is 0 Å². The van der Waals surface area contributed by atoms with Crippen LogP contribution in [-0.2, 0) is 16.1 Å². The zero-order valence-corrected chi connectivity index (χ0v) is 10.9. The van der Waals surface area contributed by atoms with Gasteiger partial charge < -0.3 is 14.9 Å².